The van der Waals surface area contributed by atoms with E-state index in [1.54, 1.807) is 11.1 Å². The summed E-state index contributed by atoms with van der Waals surface area (Å²) in [6.07, 6.45) is 9.63. The van der Waals surface area contributed by atoms with E-state index in [1.165, 1.54) is 64.6 Å². The minimum atomic E-state index is 0.270. The average Bonchev–Trinajstić information content (AvgIpc) is 3.10. The lowest BCUT2D eigenvalue weighted by Gasteiger charge is -2.52. The molecule has 1 N–H and O–H groups in total. The Balaban J connectivity index is 1.76. The summed E-state index contributed by atoms with van der Waals surface area (Å²) in [6, 6.07) is 9.33. The number of fused-ring (bicyclic) bond motifs is 1. The first kappa shape index (κ1) is 14.7. The first-order chi connectivity index (χ1) is 10.8. The van der Waals surface area contributed by atoms with Gasteiger partial charge in [-0.2, -0.15) is 0 Å². The quantitative estimate of drug-likeness (QED) is 0.898. The number of likely N-dealkylation sites (tertiary alicyclic amines) is 1. The molecule has 1 atom stereocenters. The Kier molecular flexibility index (Phi) is 4.00. The second kappa shape index (κ2) is 5.98. The Morgan fingerprint density at radius 2 is 1.68 bits per heavy atom. The summed E-state index contributed by atoms with van der Waals surface area (Å²) >= 11 is 0. The van der Waals surface area contributed by atoms with Crippen molar-refractivity contribution in [3.63, 3.8) is 0 Å². The van der Waals surface area contributed by atoms with Crippen molar-refractivity contribution in [2.75, 3.05) is 26.7 Å². The number of rotatable bonds is 2. The van der Waals surface area contributed by atoms with Crippen LogP contribution in [0.1, 0.15) is 49.7 Å². The van der Waals surface area contributed by atoms with Gasteiger partial charge in [0.1, 0.15) is 0 Å². The average molecular weight is 298 g/mol. The van der Waals surface area contributed by atoms with Crippen molar-refractivity contribution in [2.24, 2.45) is 11.8 Å². The van der Waals surface area contributed by atoms with Crippen LogP contribution in [0.4, 0.5) is 0 Å². The molecule has 0 amide bonds. The molecule has 2 heteroatoms. The van der Waals surface area contributed by atoms with Crippen LogP contribution in [0, 0.1) is 11.8 Å². The molecule has 0 aromatic heterocycles. The summed E-state index contributed by atoms with van der Waals surface area (Å²) in [4.78, 5) is 2.51. The highest BCUT2D eigenvalue weighted by molar-refractivity contribution is 5.38. The summed E-state index contributed by atoms with van der Waals surface area (Å²) in [5.74, 6) is 1.66. The molecule has 120 valence electrons. The molecule has 1 saturated heterocycles. The van der Waals surface area contributed by atoms with Gasteiger partial charge in [-0.25, -0.2) is 0 Å². The summed E-state index contributed by atoms with van der Waals surface area (Å²) in [7, 11) is 2.28. The molecule has 0 radical (unpaired) electrons. The molecule has 1 unspecified atom stereocenters. The van der Waals surface area contributed by atoms with Crippen molar-refractivity contribution in [1.29, 1.82) is 0 Å². The highest BCUT2D eigenvalue weighted by Gasteiger charge is 2.49. The summed E-state index contributed by atoms with van der Waals surface area (Å²) < 4.78 is 0. The van der Waals surface area contributed by atoms with E-state index in [-0.39, 0.29) is 5.54 Å². The van der Waals surface area contributed by atoms with Crippen LogP contribution in [-0.4, -0.2) is 31.6 Å². The molecule has 2 heterocycles. The smallest absolute Gasteiger partial charge is 0.0495 e. The minimum Gasteiger partial charge on any atom is -0.307 e. The van der Waals surface area contributed by atoms with Crippen LogP contribution >= 0.6 is 0 Å². The maximum absolute atomic E-state index is 4.10. The van der Waals surface area contributed by atoms with Crippen LogP contribution in [0.5, 0.6) is 0 Å². The van der Waals surface area contributed by atoms with Crippen LogP contribution in [0.2, 0.25) is 0 Å². The van der Waals surface area contributed by atoms with Crippen LogP contribution in [0.15, 0.2) is 24.3 Å². The molecule has 1 saturated carbocycles. The van der Waals surface area contributed by atoms with Gasteiger partial charge in [-0.05, 0) is 75.2 Å². The van der Waals surface area contributed by atoms with Gasteiger partial charge in [0, 0.05) is 12.1 Å². The lowest BCUT2D eigenvalue weighted by molar-refractivity contribution is 0.0631. The van der Waals surface area contributed by atoms with E-state index in [1.807, 2.05) is 0 Å². The second-order valence-electron chi connectivity index (χ2n) is 7.76. The van der Waals surface area contributed by atoms with Crippen molar-refractivity contribution in [2.45, 2.75) is 50.5 Å². The number of hydrogen-bond acceptors (Lipinski definition) is 2. The van der Waals surface area contributed by atoms with E-state index in [4.69, 9.17) is 0 Å². The van der Waals surface area contributed by atoms with Crippen molar-refractivity contribution in [3.8, 4) is 0 Å². The zero-order valence-corrected chi connectivity index (χ0v) is 14.0. The van der Waals surface area contributed by atoms with Gasteiger partial charge in [0.15, 0.2) is 0 Å². The van der Waals surface area contributed by atoms with Gasteiger partial charge in [-0.3, -0.25) is 0 Å². The van der Waals surface area contributed by atoms with E-state index < -0.39 is 0 Å². The minimum absolute atomic E-state index is 0.270. The van der Waals surface area contributed by atoms with Gasteiger partial charge >= 0.3 is 0 Å². The highest BCUT2D eigenvalue weighted by atomic mass is 15.1. The van der Waals surface area contributed by atoms with Gasteiger partial charge in [-0.1, -0.05) is 37.1 Å². The maximum atomic E-state index is 4.10. The molecular formula is C20H30N2. The van der Waals surface area contributed by atoms with Gasteiger partial charge in [0.05, 0.1) is 0 Å². The number of nitrogens with one attached hydrogen (secondary N) is 1. The Bertz CT molecular complexity index is 512. The molecule has 2 nitrogen and oxygen atoms in total. The highest BCUT2D eigenvalue weighted by Crippen LogP contribution is 2.50. The summed E-state index contributed by atoms with van der Waals surface area (Å²) in [5, 5.41) is 4.10. The Labute approximate surface area is 135 Å². The number of piperidine rings is 1. The van der Waals surface area contributed by atoms with Crippen LogP contribution in [-0.2, 0) is 12.0 Å². The van der Waals surface area contributed by atoms with Crippen molar-refractivity contribution < 1.29 is 0 Å². The molecule has 1 aromatic carbocycles. The summed E-state index contributed by atoms with van der Waals surface area (Å²) in [6.45, 7) is 3.70. The lowest BCUT2D eigenvalue weighted by atomic mass is 9.63. The topological polar surface area (TPSA) is 15.3 Å². The lowest BCUT2D eigenvalue weighted by Crippen LogP contribution is -2.58. The van der Waals surface area contributed by atoms with Crippen molar-refractivity contribution in [1.82, 2.24) is 10.2 Å². The Morgan fingerprint density at radius 3 is 2.45 bits per heavy atom. The molecule has 3 aliphatic rings. The van der Waals surface area contributed by atoms with Gasteiger partial charge < -0.3 is 10.2 Å². The zero-order chi connectivity index (χ0) is 15.0. The van der Waals surface area contributed by atoms with Crippen molar-refractivity contribution in [3.05, 3.63) is 35.4 Å². The maximum Gasteiger partial charge on any atom is 0.0495 e. The van der Waals surface area contributed by atoms with Crippen LogP contribution < -0.4 is 5.32 Å². The molecule has 0 bridgehead atoms. The molecule has 1 aromatic rings. The fraction of sp³-hybridized carbons (Fsp3) is 0.700. The first-order valence-electron chi connectivity index (χ1n) is 9.32. The van der Waals surface area contributed by atoms with E-state index in [9.17, 15) is 0 Å². The molecule has 22 heavy (non-hydrogen) atoms. The fourth-order valence-corrected chi connectivity index (χ4v) is 5.55. The largest absolute Gasteiger partial charge is 0.307 e. The molecule has 0 spiro atoms. The van der Waals surface area contributed by atoms with E-state index in [0.717, 1.165) is 11.8 Å². The van der Waals surface area contributed by atoms with Crippen LogP contribution in [0.25, 0.3) is 0 Å². The first-order valence-corrected chi connectivity index (χ1v) is 9.32. The number of nitrogens with zero attached hydrogens (tertiary/aromatic N) is 1. The third-order valence-electron chi connectivity index (χ3n) is 6.64. The fourth-order valence-electron chi connectivity index (χ4n) is 5.55. The monoisotopic (exact) mass is 298 g/mol. The SMILES string of the molecule is CN1CCC(C2(C3CCCC3)NCCc3ccccc32)CC1. The van der Waals surface area contributed by atoms with E-state index >= 15 is 0 Å². The molecule has 2 aliphatic heterocycles. The van der Waals surface area contributed by atoms with Crippen LogP contribution in [0.3, 0.4) is 0 Å². The predicted molar refractivity (Wildman–Crippen MR) is 92.0 cm³/mol. The molecular weight excluding hydrogens is 268 g/mol. The molecule has 1 aliphatic carbocycles. The molecule has 4 rings (SSSR count). The third kappa shape index (κ3) is 2.32. The van der Waals surface area contributed by atoms with Gasteiger partial charge in [0.2, 0.25) is 0 Å². The van der Waals surface area contributed by atoms with Gasteiger partial charge in [-0.15, -0.1) is 0 Å². The number of benzene rings is 1. The van der Waals surface area contributed by atoms with E-state index in [0.29, 0.717) is 0 Å². The predicted octanol–water partition coefficient (Wildman–Crippen LogP) is 3.56. The van der Waals surface area contributed by atoms with Gasteiger partial charge in [0.25, 0.3) is 0 Å². The standard InChI is InChI=1S/C20H30N2/c1-22-14-11-18(12-15-22)20(17-7-3-4-8-17)19-9-5-2-6-16(19)10-13-21-20/h2,5-6,9,17-18,21H,3-4,7-8,10-15H2,1H3. The third-order valence-corrected chi connectivity index (χ3v) is 6.64. The second-order valence-corrected chi connectivity index (χ2v) is 7.76. The normalized spacial score (nSPS) is 31.3. The molecule has 2 fully saturated rings. The summed E-state index contributed by atoms with van der Waals surface area (Å²) in [5.41, 5.74) is 3.54. The Hall–Kier alpha value is -0.860. The Morgan fingerprint density at radius 1 is 1.00 bits per heavy atom. The van der Waals surface area contributed by atoms with Crippen molar-refractivity contribution >= 4 is 0 Å². The number of hydrogen-bond donors (Lipinski definition) is 1. The van der Waals surface area contributed by atoms with E-state index in [2.05, 4.69) is 41.5 Å². The zero-order valence-electron chi connectivity index (χ0n) is 14.0.